The van der Waals surface area contributed by atoms with E-state index in [4.69, 9.17) is 4.74 Å². The molecule has 4 rings (SSSR count). The van der Waals surface area contributed by atoms with E-state index in [0.717, 1.165) is 22.5 Å². The second kappa shape index (κ2) is 8.83. The van der Waals surface area contributed by atoms with Gasteiger partial charge in [-0.25, -0.2) is 19.7 Å². The number of carbonyl (C=O) groups is 1. The first-order chi connectivity index (χ1) is 14.7. The van der Waals surface area contributed by atoms with E-state index in [9.17, 15) is 4.79 Å². The van der Waals surface area contributed by atoms with Gasteiger partial charge in [-0.15, -0.1) is 0 Å². The van der Waals surface area contributed by atoms with Gasteiger partial charge >= 0.3 is 6.03 Å². The van der Waals surface area contributed by atoms with Gasteiger partial charge in [0.1, 0.15) is 12.1 Å². The van der Waals surface area contributed by atoms with Crippen LogP contribution in [-0.4, -0.2) is 21.0 Å². The largest absolute Gasteiger partial charge is 0.438 e. The van der Waals surface area contributed by atoms with Gasteiger partial charge in [-0.3, -0.25) is 0 Å². The lowest BCUT2D eigenvalue weighted by molar-refractivity contribution is 0.262. The van der Waals surface area contributed by atoms with Crippen LogP contribution in [0.3, 0.4) is 0 Å². The predicted octanol–water partition coefficient (Wildman–Crippen LogP) is 5.28. The van der Waals surface area contributed by atoms with Crippen molar-refractivity contribution in [2.45, 2.75) is 6.92 Å². The lowest BCUT2D eigenvalue weighted by Gasteiger charge is -2.13. The van der Waals surface area contributed by atoms with Crippen molar-refractivity contribution < 1.29 is 9.53 Å². The molecule has 0 bridgehead atoms. The maximum absolute atomic E-state index is 12.2. The zero-order chi connectivity index (χ0) is 20.8. The number of ether oxygens (including phenoxy) is 1. The second-order valence-corrected chi connectivity index (χ2v) is 6.48. The van der Waals surface area contributed by atoms with Crippen molar-refractivity contribution in [3.05, 3.63) is 91.0 Å². The Morgan fingerprint density at radius 1 is 0.867 bits per heavy atom. The average molecular weight is 397 g/mol. The van der Waals surface area contributed by atoms with Crippen molar-refractivity contribution in [1.82, 2.24) is 15.0 Å². The summed E-state index contributed by atoms with van der Waals surface area (Å²) in [6, 6.07) is 19.9. The lowest BCUT2D eigenvalue weighted by atomic mass is 10.2. The Balaban J connectivity index is 1.49. The first kappa shape index (κ1) is 19.1. The summed E-state index contributed by atoms with van der Waals surface area (Å²) in [5, 5.41) is 5.61. The van der Waals surface area contributed by atoms with E-state index in [0.29, 0.717) is 17.3 Å². The zero-order valence-electron chi connectivity index (χ0n) is 16.2. The minimum atomic E-state index is -0.315. The summed E-state index contributed by atoms with van der Waals surface area (Å²) in [5.41, 5.74) is 3.72. The van der Waals surface area contributed by atoms with Gasteiger partial charge in [0.15, 0.2) is 0 Å². The van der Waals surface area contributed by atoms with E-state index in [-0.39, 0.29) is 6.03 Å². The second-order valence-electron chi connectivity index (χ2n) is 6.48. The molecule has 30 heavy (non-hydrogen) atoms. The van der Waals surface area contributed by atoms with Gasteiger partial charge in [0, 0.05) is 23.8 Å². The Morgan fingerprint density at radius 2 is 1.70 bits per heavy atom. The van der Waals surface area contributed by atoms with E-state index in [1.165, 1.54) is 6.33 Å². The van der Waals surface area contributed by atoms with Crippen molar-refractivity contribution in [2.75, 3.05) is 10.6 Å². The third kappa shape index (κ3) is 4.59. The lowest BCUT2D eigenvalue weighted by Crippen LogP contribution is -2.19. The fourth-order valence-corrected chi connectivity index (χ4v) is 2.88. The first-order valence-electron chi connectivity index (χ1n) is 9.32. The van der Waals surface area contributed by atoms with Crippen LogP contribution in [0.5, 0.6) is 11.6 Å². The van der Waals surface area contributed by atoms with Crippen LogP contribution in [0.25, 0.3) is 11.3 Å². The molecule has 2 aromatic carbocycles. The highest BCUT2D eigenvalue weighted by molar-refractivity contribution is 5.99. The molecule has 2 amide bonds. The van der Waals surface area contributed by atoms with Gasteiger partial charge in [0.25, 0.3) is 0 Å². The number of urea groups is 1. The number of hydrogen-bond acceptors (Lipinski definition) is 5. The van der Waals surface area contributed by atoms with Crippen molar-refractivity contribution >= 4 is 17.4 Å². The zero-order valence-corrected chi connectivity index (χ0v) is 16.2. The molecular weight excluding hydrogens is 378 g/mol. The number of aryl methyl sites for hydroxylation is 1. The summed E-state index contributed by atoms with van der Waals surface area (Å²) in [6.07, 6.45) is 4.82. The SMILES string of the molecule is Cc1cc(NC(=O)Nc2ccccc2)ccc1Oc1ncccc1-c1ccncn1. The molecule has 0 atom stereocenters. The standard InChI is InChI=1S/C23H19N5O2/c1-16-14-18(28-23(29)27-17-6-3-2-4-7-17)9-10-21(16)30-22-19(8-5-12-25-22)20-11-13-24-15-26-20/h2-15H,1H3,(H2,27,28,29). The van der Waals surface area contributed by atoms with Crippen LogP contribution in [0.2, 0.25) is 0 Å². The number of pyridine rings is 1. The Morgan fingerprint density at radius 3 is 2.47 bits per heavy atom. The van der Waals surface area contributed by atoms with Gasteiger partial charge in [-0.1, -0.05) is 18.2 Å². The molecule has 7 heteroatoms. The van der Waals surface area contributed by atoms with Gasteiger partial charge in [-0.2, -0.15) is 0 Å². The minimum Gasteiger partial charge on any atom is -0.438 e. The maximum atomic E-state index is 12.2. The third-order valence-electron chi connectivity index (χ3n) is 4.30. The number of hydrogen-bond donors (Lipinski definition) is 2. The van der Waals surface area contributed by atoms with Gasteiger partial charge in [-0.05, 0) is 61.0 Å². The van der Waals surface area contributed by atoms with Crippen LogP contribution in [0.1, 0.15) is 5.56 Å². The van der Waals surface area contributed by atoms with E-state index in [1.807, 2.05) is 55.5 Å². The van der Waals surface area contributed by atoms with Crippen LogP contribution >= 0.6 is 0 Å². The molecule has 0 saturated heterocycles. The number of aromatic nitrogens is 3. The molecule has 0 radical (unpaired) electrons. The van der Waals surface area contributed by atoms with Gasteiger partial charge in [0.05, 0.1) is 11.3 Å². The van der Waals surface area contributed by atoms with Crippen LogP contribution in [-0.2, 0) is 0 Å². The third-order valence-corrected chi connectivity index (χ3v) is 4.30. The van der Waals surface area contributed by atoms with E-state index >= 15 is 0 Å². The molecule has 2 N–H and O–H groups in total. The fraction of sp³-hybridized carbons (Fsp3) is 0.0435. The molecule has 2 aromatic heterocycles. The highest BCUT2D eigenvalue weighted by Gasteiger charge is 2.12. The minimum absolute atomic E-state index is 0.315. The molecule has 0 fully saturated rings. The highest BCUT2D eigenvalue weighted by atomic mass is 16.5. The van der Waals surface area contributed by atoms with E-state index < -0.39 is 0 Å². The highest BCUT2D eigenvalue weighted by Crippen LogP contribution is 2.32. The van der Waals surface area contributed by atoms with E-state index in [2.05, 4.69) is 25.6 Å². The molecule has 0 aliphatic carbocycles. The summed E-state index contributed by atoms with van der Waals surface area (Å²) < 4.78 is 6.05. The summed E-state index contributed by atoms with van der Waals surface area (Å²) in [4.78, 5) is 24.8. The van der Waals surface area contributed by atoms with Crippen molar-refractivity contribution in [2.24, 2.45) is 0 Å². The van der Waals surface area contributed by atoms with Crippen LogP contribution < -0.4 is 15.4 Å². The Labute approximate surface area is 173 Å². The smallest absolute Gasteiger partial charge is 0.323 e. The molecule has 0 aliphatic rings. The molecule has 2 heterocycles. The van der Waals surface area contributed by atoms with Crippen molar-refractivity contribution in [1.29, 1.82) is 0 Å². The quantitative estimate of drug-likeness (QED) is 0.478. The number of nitrogens with one attached hydrogen (secondary N) is 2. The molecule has 7 nitrogen and oxygen atoms in total. The Hall–Kier alpha value is -4.26. The van der Waals surface area contributed by atoms with Crippen LogP contribution in [0.15, 0.2) is 85.5 Å². The number of para-hydroxylation sites is 1. The summed E-state index contributed by atoms with van der Waals surface area (Å²) in [6.45, 7) is 1.91. The fourth-order valence-electron chi connectivity index (χ4n) is 2.88. The molecule has 0 unspecified atom stereocenters. The van der Waals surface area contributed by atoms with Gasteiger partial charge in [0.2, 0.25) is 5.88 Å². The molecule has 0 aliphatic heterocycles. The number of amides is 2. The monoisotopic (exact) mass is 397 g/mol. The molecule has 0 saturated carbocycles. The first-order valence-corrected chi connectivity index (χ1v) is 9.32. The number of benzene rings is 2. The van der Waals surface area contributed by atoms with Crippen molar-refractivity contribution in [3.63, 3.8) is 0 Å². The predicted molar refractivity (Wildman–Crippen MR) is 116 cm³/mol. The number of anilines is 2. The Bertz CT molecular complexity index is 1150. The molecule has 148 valence electrons. The summed E-state index contributed by atoms with van der Waals surface area (Å²) in [7, 11) is 0. The van der Waals surface area contributed by atoms with Crippen LogP contribution in [0.4, 0.5) is 16.2 Å². The maximum Gasteiger partial charge on any atom is 0.323 e. The van der Waals surface area contributed by atoms with E-state index in [1.54, 1.807) is 30.6 Å². The molecule has 4 aromatic rings. The number of carbonyl (C=O) groups excluding carboxylic acids is 1. The normalized spacial score (nSPS) is 10.3. The number of rotatable bonds is 5. The number of nitrogens with zero attached hydrogens (tertiary/aromatic N) is 3. The molecular formula is C23H19N5O2. The van der Waals surface area contributed by atoms with Crippen molar-refractivity contribution in [3.8, 4) is 22.9 Å². The summed E-state index contributed by atoms with van der Waals surface area (Å²) >= 11 is 0. The average Bonchev–Trinajstić information content (AvgIpc) is 2.77. The van der Waals surface area contributed by atoms with Crippen LogP contribution in [0, 0.1) is 6.92 Å². The summed E-state index contributed by atoms with van der Waals surface area (Å²) in [5.74, 6) is 1.08. The molecule has 0 spiro atoms. The topological polar surface area (TPSA) is 89.0 Å². The van der Waals surface area contributed by atoms with Gasteiger partial charge < -0.3 is 15.4 Å². The Kier molecular flexibility index (Phi) is 5.61.